The molecule has 0 aliphatic carbocycles. The fraction of sp³-hybridized carbons (Fsp3) is 0.571. The van der Waals surface area contributed by atoms with Gasteiger partial charge >= 0.3 is 0 Å². The summed E-state index contributed by atoms with van der Waals surface area (Å²) in [6.07, 6.45) is -4.76. The monoisotopic (exact) mass is 282 g/mol. The molecule has 6 heteroatoms. The van der Waals surface area contributed by atoms with Crippen molar-refractivity contribution in [3.63, 3.8) is 0 Å². The van der Waals surface area contributed by atoms with E-state index in [1.807, 2.05) is 30.3 Å². The van der Waals surface area contributed by atoms with E-state index in [0.29, 0.717) is 0 Å². The Balaban J connectivity index is 1.74. The van der Waals surface area contributed by atoms with Crippen molar-refractivity contribution in [3.05, 3.63) is 35.9 Å². The van der Waals surface area contributed by atoms with Gasteiger partial charge < -0.3 is 29.2 Å². The minimum absolute atomic E-state index is 0.272. The van der Waals surface area contributed by atoms with E-state index in [0.717, 1.165) is 5.56 Å². The van der Waals surface area contributed by atoms with Crippen LogP contribution in [-0.4, -0.2) is 54.6 Å². The molecule has 2 saturated heterocycles. The molecule has 0 unspecified atom stereocenters. The molecule has 0 radical (unpaired) electrons. The first kappa shape index (κ1) is 13.9. The summed E-state index contributed by atoms with van der Waals surface area (Å²) in [7, 11) is 1.41. The third-order valence-corrected chi connectivity index (χ3v) is 3.64. The van der Waals surface area contributed by atoms with E-state index in [2.05, 4.69) is 0 Å². The maximum absolute atomic E-state index is 10.1. The second-order valence-corrected chi connectivity index (χ2v) is 4.94. The second kappa shape index (κ2) is 5.77. The van der Waals surface area contributed by atoms with Crippen LogP contribution >= 0.6 is 0 Å². The third kappa shape index (κ3) is 2.46. The van der Waals surface area contributed by atoms with Crippen LogP contribution in [0.4, 0.5) is 0 Å². The predicted octanol–water partition coefficient (Wildman–Crippen LogP) is 0.194. The highest BCUT2D eigenvalue weighted by atomic mass is 16.7. The first-order chi connectivity index (χ1) is 9.70. The number of hydrogen-bond acceptors (Lipinski definition) is 6. The summed E-state index contributed by atoms with van der Waals surface area (Å²) >= 11 is 0. The van der Waals surface area contributed by atoms with Gasteiger partial charge in [-0.1, -0.05) is 30.3 Å². The summed E-state index contributed by atoms with van der Waals surface area (Å²) in [5.41, 5.74) is 0.863. The number of benzene rings is 1. The summed E-state index contributed by atoms with van der Waals surface area (Å²) in [6.45, 7) is 0.272. The molecule has 1 aromatic rings. The first-order valence-electron chi connectivity index (χ1n) is 6.57. The highest BCUT2D eigenvalue weighted by Gasteiger charge is 2.48. The van der Waals surface area contributed by atoms with Crippen molar-refractivity contribution in [2.75, 3.05) is 13.7 Å². The molecule has 2 fully saturated rings. The van der Waals surface area contributed by atoms with Gasteiger partial charge in [0.2, 0.25) is 0 Å². The average Bonchev–Trinajstić information content (AvgIpc) is 2.51. The Morgan fingerprint density at radius 2 is 1.85 bits per heavy atom. The molecule has 0 amide bonds. The Morgan fingerprint density at radius 1 is 1.10 bits per heavy atom. The molecule has 20 heavy (non-hydrogen) atoms. The first-order valence-corrected chi connectivity index (χ1v) is 6.57. The van der Waals surface area contributed by atoms with Gasteiger partial charge in [0.15, 0.2) is 12.6 Å². The van der Waals surface area contributed by atoms with Crippen molar-refractivity contribution in [2.45, 2.75) is 37.0 Å². The maximum atomic E-state index is 10.1. The van der Waals surface area contributed by atoms with Crippen molar-refractivity contribution in [1.29, 1.82) is 0 Å². The summed E-state index contributed by atoms with van der Waals surface area (Å²) in [5, 5.41) is 20.1. The summed E-state index contributed by atoms with van der Waals surface area (Å²) in [5.74, 6) is 0. The largest absolute Gasteiger partial charge is 0.387 e. The number of fused-ring (bicyclic) bond motifs is 1. The lowest BCUT2D eigenvalue weighted by molar-refractivity contribution is -0.358. The summed E-state index contributed by atoms with van der Waals surface area (Å²) in [6, 6.07) is 9.45. The molecule has 6 nitrogen and oxygen atoms in total. The minimum atomic E-state index is -1.14. The quantitative estimate of drug-likeness (QED) is 0.806. The van der Waals surface area contributed by atoms with Crippen LogP contribution in [0.25, 0.3) is 0 Å². The van der Waals surface area contributed by atoms with Crippen LogP contribution in [0.1, 0.15) is 11.9 Å². The molecule has 110 valence electrons. The van der Waals surface area contributed by atoms with Gasteiger partial charge in [0, 0.05) is 12.7 Å². The van der Waals surface area contributed by atoms with Crippen molar-refractivity contribution in [3.8, 4) is 0 Å². The molecule has 2 heterocycles. The van der Waals surface area contributed by atoms with Gasteiger partial charge in [-0.05, 0) is 0 Å². The normalized spacial score (nSPS) is 41.1. The van der Waals surface area contributed by atoms with Gasteiger partial charge in [-0.15, -0.1) is 0 Å². The molecule has 0 bridgehead atoms. The number of ether oxygens (including phenoxy) is 4. The van der Waals surface area contributed by atoms with Gasteiger partial charge in [0.05, 0.1) is 6.61 Å². The molecule has 2 aliphatic heterocycles. The smallest absolute Gasteiger partial charge is 0.186 e. The van der Waals surface area contributed by atoms with Gasteiger partial charge in [0.1, 0.15) is 24.4 Å². The maximum Gasteiger partial charge on any atom is 0.186 e. The minimum Gasteiger partial charge on any atom is -0.387 e. The van der Waals surface area contributed by atoms with Crippen LogP contribution in [-0.2, 0) is 18.9 Å². The van der Waals surface area contributed by atoms with Crippen LogP contribution in [0.3, 0.4) is 0 Å². The molecule has 6 atom stereocenters. The average molecular weight is 282 g/mol. The van der Waals surface area contributed by atoms with E-state index in [4.69, 9.17) is 18.9 Å². The highest BCUT2D eigenvalue weighted by Crippen LogP contribution is 2.33. The van der Waals surface area contributed by atoms with Crippen molar-refractivity contribution < 1.29 is 29.2 Å². The Hall–Kier alpha value is -1.02. The zero-order valence-corrected chi connectivity index (χ0v) is 11.1. The summed E-state index contributed by atoms with van der Waals surface area (Å²) in [4.78, 5) is 0. The third-order valence-electron chi connectivity index (χ3n) is 3.64. The number of methoxy groups -OCH3 is 1. The number of rotatable bonds is 2. The van der Waals surface area contributed by atoms with E-state index in [-0.39, 0.29) is 6.61 Å². The zero-order chi connectivity index (χ0) is 14.1. The number of aliphatic hydroxyl groups is 2. The van der Waals surface area contributed by atoms with Crippen LogP contribution in [0, 0.1) is 0 Å². The van der Waals surface area contributed by atoms with E-state index in [9.17, 15) is 10.2 Å². The van der Waals surface area contributed by atoms with Gasteiger partial charge in [-0.25, -0.2) is 0 Å². The molecule has 0 aromatic heterocycles. The van der Waals surface area contributed by atoms with Gasteiger partial charge in [-0.3, -0.25) is 0 Å². The number of hydrogen-bond donors (Lipinski definition) is 2. The lowest BCUT2D eigenvalue weighted by Crippen LogP contribution is -2.62. The fourth-order valence-electron chi connectivity index (χ4n) is 2.55. The van der Waals surface area contributed by atoms with E-state index in [1.165, 1.54) is 7.11 Å². The number of aliphatic hydroxyl groups excluding tert-OH is 2. The lowest BCUT2D eigenvalue weighted by atomic mass is 9.98. The molecule has 0 spiro atoms. The summed E-state index contributed by atoms with van der Waals surface area (Å²) < 4.78 is 21.9. The predicted molar refractivity (Wildman–Crippen MR) is 67.7 cm³/mol. The molecule has 0 saturated carbocycles. The Morgan fingerprint density at radius 3 is 2.55 bits per heavy atom. The van der Waals surface area contributed by atoms with Crippen LogP contribution in [0.15, 0.2) is 30.3 Å². The van der Waals surface area contributed by atoms with Crippen LogP contribution in [0.2, 0.25) is 0 Å². The molecular weight excluding hydrogens is 264 g/mol. The molecule has 1 aromatic carbocycles. The second-order valence-electron chi connectivity index (χ2n) is 4.94. The van der Waals surface area contributed by atoms with Gasteiger partial charge in [0.25, 0.3) is 0 Å². The van der Waals surface area contributed by atoms with Crippen molar-refractivity contribution in [2.24, 2.45) is 0 Å². The molecule has 2 aliphatic rings. The van der Waals surface area contributed by atoms with Crippen molar-refractivity contribution >= 4 is 0 Å². The van der Waals surface area contributed by atoms with E-state index in [1.54, 1.807) is 0 Å². The Kier molecular flexibility index (Phi) is 4.02. The van der Waals surface area contributed by atoms with Crippen LogP contribution in [0.5, 0.6) is 0 Å². The topological polar surface area (TPSA) is 77.4 Å². The molecule has 3 rings (SSSR count). The van der Waals surface area contributed by atoms with Crippen LogP contribution < -0.4 is 0 Å². The van der Waals surface area contributed by atoms with E-state index >= 15 is 0 Å². The SMILES string of the molecule is CO[C@H]1O[C@H]2CO[C@@H](c3ccccc3)O[C@@H]2[C@H](O)[C@H]1O. The molecule has 2 N–H and O–H groups in total. The Labute approximate surface area is 116 Å². The highest BCUT2D eigenvalue weighted by molar-refractivity contribution is 5.16. The Bertz CT molecular complexity index is 437. The van der Waals surface area contributed by atoms with Gasteiger partial charge in [-0.2, -0.15) is 0 Å². The molecular formula is C14H18O6. The fourth-order valence-corrected chi connectivity index (χ4v) is 2.55. The lowest BCUT2D eigenvalue weighted by Gasteiger charge is -2.45. The zero-order valence-electron chi connectivity index (χ0n) is 11.1. The standard InChI is InChI=1S/C14H18O6/c1-17-14-11(16)10(15)12-9(19-14)7-18-13(20-12)8-5-3-2-4-6-8/h2-6,9-16H,7H2,1H3/t9-,10+,11+,12-,13+,14-/m0/s1. The van der Waals surface area contributed by atoms with E-state index < -0.39 is 37.0 Å². The van der Waals surface area contributed by atoms with Crippen molar-refractivity contribution in [1.82, 2.24) is 0 Å².